The summed E-state index contributed by atoms with van der Waals surface area (Å²) in [6, 6.07) is 2.81. The molecule has 0 atom stereocenters. The van der Waals surface area contributed by atoms with Gasteiger partial charge in [0.25, 0.3) is 0 Å². The van der Waals surface area contributed by atoms with Gasteiger partial charge < -0.3 is 5.11 Å². The molecule has 2 saturated carbocycles. The number of hydrogen-bond acceptors (Lipinski definition) is 3. The van der Waals surface area contributed by atoms with Gasteiger partial charge in [-0.1, -0.05) is 0 Å². The number of carboxylic acid groups (broad SMARTS) is 1. The molecule has 0 spiro atoms. The first kappa shape index (κ1) is 14.5. The van der Waals surface area contributed by atoms with E-state index in [-0.39, 0.29) is 10.3 Å². The number of halogens is 1. The first-order valence-corrected chi connectivity index (χ1v) is 8.35. The summed E-state index contributed by atoms with van der Waals surface area (Å²) in [7, 11) is -3.81. The molecule has 2 fully saturated rings. The molecule has 21 heavy (non-hydrogen) atoms. The summed E-state index contributed by atoms with van der Waals surface area (Å²) < 4.78 is 40.3. The number of hydrogen-bond donors (Lipinski definition) is 2. The fourth-order valence-corrected chi connectivity index (χ4v) is 3.91. The summed E-state index contributed by atoms with van der Waals surface area (Å²) >= 11 is 0. The van der Waals surface area contributed by atoms with Gasteiger partial charge in [0.1, 0.15) is 5.82 Å². The van der Waals surface area contributed by atoms with Crippen molar-refractivity contribution in [3.63, 3.8) is 0 Å². The Bertz CT molecular complexity index is 693. The lowest BCUT2D eigenvalue weighted by Gasteiger charge is -2.15. The number of benzene rings is 1. The second-order valence-electron chi connectivity index (χ2n) is 5.91. The van der Waals surface area contributed by atoms with Crippen LogP contribution in [0.5, 0.6) is 0 Å². The van der Waals surface area contributed by atoms with Crippen LogP contribution in [-0.2, 0) is 10.0 Å². The van der Waals surface area contributed by atoms with Crippen LogP contribution < -0.4 is 4.72 Å². The highest BCUT2D eigenvalue weighted by molar-refractivity contribution is 7.89. The maximum atomic E-state index is 13.3. The number of carboxylic acids is 1. The van der Waals surface area contributed by atoms with Crippen LogP contribution in [-0.4, -0.2) is 26.0 Å². The summed E-state index contributed by atoms with van der Waals surface area (Å²) in [6.45, 7) is 0.375. The lowest BCUT2D eigenvalue weighted by molar-refractivity contribution is 0.0691. The van der Waals surface area contributed by atoms with Crippen LogP contribution in [0.2, 0.25) is 0 Å². The monoisotopic (exact) mass is 313 g/mol. The van der Waals surface area contributed by atoms with E-state index in [1.165, 1.54) is 0 Å². The van der Waals surface area contributed by atoms with Gasteiger partial charge in [-0.05, 0) is 55.2 Å². The third-order valence-corrected chi connectivity index (χ3v) is 5.83. The largest absolute Gasteiger partial charge is 0.478 e. The second kappa shape index (κ2) is 4.78. The van der Waals surface area contributed by atoms with E-state index < -0.39 is 27.4 Å². The van der Waals surface area contributed by atoms with Crippen molar-refractivity contribution in [3.05, 3.63) is 29.6 Å². The smallest absolute Gasteiger partial charge is 0.338 e. The van der Waals surface area contributed by atoms with Crippen LogP contribution in [0.15, 0.2) is 23.1 Å². The van der Waals surface area contributed by atoms with Gasteiger partial charge in [0.15, 0.2) is 0 Å². The minimum absolute atomic E-state index is 0.0999. The Balaban J connectivity index is 1.78. The standard InChI is InChI=1S/C14H16FNO4S/c15-12-4-3-10(7-11(12)13(17)18)21(19,20)16-8-14(5-6-14)9-1-2-9/h3-4,7,9,16H,1-2,5-6,8H2,(H,17,18). The Morgan fingerprint density at radius 3 is 2.57 bits per heavy atom. The van der Waals surface area contributed by atoms with Crippen molar-refractivity contribution < 1.29 is 22.7 Å². The predicted molar refractivity (Wildman–Crippen MR) is 72.9 cm³/mol. The molecule has 0 radical (unpaired) electrons. The molecule has 0 unspecified atom stereocenters. The van der Waals surface area contributed by atoms with Gasteiger partial charge in [-0.25, -0.2) is 22.3 Å². The van der Waals surface area contributed by atoms with Crippen LogP contribution in [0.25, 0.3) is 0 Å². The minimum Gasteiger partial charge on any atom is -0.478 e. The molecule has 2 aliphatic rings. The Kier molecular flexibility index (Phi) is 3.29. The lowest BCUT2D eigenvalue weighted by Crippen LogP contribution is -2.31. The second-order valence-corrected chi connectivity index (χ2v) is 7.67. The molecule has 114 valence electrons. The molecular weight excluding hydrogens is 297 g/mol. The zero-order valence-corrected chi connectivity index (χ0v) is 12.1. The molecule has 0 heterocycles. The fraction of sp³-hybridized carbons (Fsp3) is 0.500. The van der Waals surface area contributed by atoms with Crippen LogP contribution in [0, 0.1) is 17.2 Å². The quantitative estimate of drug-likeness (QED) is 0.841. The Labute approximate surface area is 122 Å². The molecule has 7 heteroatoms. The number of sulfonamides is 1. The SMILES string of the molecule is O=C(O)c1cc(S(=O)(=O)NCC2(C3CC3)CC2)ccc1F. The summed E-state index contributed by atoms with van der Waals surface area (Å²) in [5, 5.41) is 8.85. The van der Waals surface area contributed by atoms with E-state index in [9.17, 15) is 17.6 Å². The molecule has 0 aromatic heterocycles. The maximum Gasteiger partial charge on any atom is 0.338 e. The van der Waals surface area contributed by atoms with Crippen LogP contribution in [0.3, 0.4) is 0 Å². The summed E-state index contributed by atoms with van der Waals surface area (Å²) in [6.07, 6.45) is 4.37. The van der Waals surface area contributed by atoms with Gasteiger partial charge in [-0.2, -0.15) is 0 Å². The third-order valence-electron chi connectivity index (χ3n) is 4.43. The van der Waals surface area contributed by atoms with Gasteiger partial charge in [0, 0.05) is 6.54 Å². The average molecular weight is 313 g/mol. The van der Waals surface area contributed by atoms with Crippen LogP contribution in [0.4, 0.5) is 4.39 Å². The Hall–Kier alpha value is -1.47. The van der Waals surface area contributed by atoms with Crippen molar-refractivity contribution in [2.24, 2.45) is 11.3 Å². The zero-order valence-electron chi connectivity index (χ0n) is 11.3. The zero-order chi connectivity index (χ0) is 15.3. The van der Waals surface area contributed by atoms with E-state index in [4.69, 9.17) is 5.11 Å². The molecule has 1 aromatic rings. The summed E-state index contributed by atoms with van der Waals surface area (Å²) in [5.74, 6) is -1.82. The average Bonchev–Trinajstić information content (AvgIpc) is 3.27. The van der Waals surface area contributed by atoms with Crippen molar-refractivity contribution >= 4 is 16.0 Å². The van der Waals surface area contributed by atoms with Gasteiger partial charge in [0.2, 0.25) is 10.0 Å². The van der Waals surface area contributed by atoms with Gasteiger partial charge in [0.05, 0.1) is 10.5 Å². The molecule has 0 aliphatic heterocycles. The van der Waals surface area contributed by atoms with Gasteiger partial charge in [-0.3, -0.25) is 0 Å². The Morgan fingerprint density at radius 2 is 2.05 bits per heavy atom. The minimum atomic E-state index is -3.81. The van der Waals surface area contributed by atoms with Gasteiger partial charge in [-0.15, -0.1) is 0 Å². The number of aromatic carboxylic acids is 1. The van der Waals surface area contributed by atoms with Crippen molar-refractivity contribution in [2.45, 2.75) is 30.6 Å². The Morgan fingerprint density at radius 1 is 1.38 bits per heavy atom. The molecule has 5 nitrogen and oxygen atoms in total. The van der Waals surface area contributed by atoms with E-state index in [2.05, 4.69) is 4.72 Å². The number of nitrogens with one attached hydrogen (secondary N) is 1. The van der Waals surface area contributed by atoms with Crippen molar-refractivity contribution in [1.82, 2.24) is 4.72 Å². The van der Waals surface area contributed by atoms with Crippen molar-refractivity contribution in [3.8, 4) is 0 Å². The lowest BCUT2D eigenvalue weighted by atomic mass is 10.0. The van der Waals surface area contributed by atoms with Gasteiger partial charge >= 0.3 is 5.97 Å². The highest BCUT2D eigenvalue weighted by atomic mass is 32.2. The van der Waals surface area contributed by atoms with E-state index in [1.807, 2.05) is 0 Å². The molecule has 2 N–H and O–H groups in total. The highest BCUT2D eigenvalue weighted by Gasteiger charge is 2.53. The molecule has 1 aromatic carbocycles. The normalized spacial score (nSPS) is 20.2. The molecule has 0 amide bonds. The predicted octanol–water partition coefficient (Wildman–Crippen LogP) is 1.99. The topological polar surface area (TPSA) is 83.5 Å². The summed E-state index contributed by atoms with van der Waals surface area (Å²) in [4.78, 5) is 10.7. The van der Waals surface area contributed by atoms with Crippen molar-refractivity contribution in [1.29, 1.82) is 0 Å². The van der Waals surface area contributed by atoms with E-state index in [0.717, 1.165) is 43.9 Å². The molecule has 3 rings (SSSR count). The van der Waals surface area contributed by atoms with E-state index in [0.29, 0.717) is 12.5 Å². The van der Waals surface area contributed by atoms with Crippen molar-refractivity contribution in [2.75, 3.05) is 6.54 Å². The van der Waals surface area contributed by atoms with E-state index >= 15 is 0 Å². The highest BCUT2D eigenvalue weighted by Crippen LogP contribution is 2.60. The summed E-state index contributed by atoms with van der Waals surface area (Å²) in [5.41, 5.74) is -0.538. The molecule has 0 bridgehead atoms. The third kappa shape index (κ3) is 2.80. The van der Waals surface area contributed by atoms with Crippen LogP contribution in [0.1, 0.15) is 36.0 Å². The first-order valence-electron chi connectivity index (χ1n) is 6.87. The number of carbonyl (C=O) groups is 1. The molecule has 2 aliphatic carbocycles. The fourth-order valence-electron chi connectivity index (χ4n) is 2.74. The van der Waals surface area contributed by atoms with Crippen LogP contribution >= 0.6 is 0 Å². The first-order chi connectivity index (χ1) is 9.84. The number of rotatable bonds is 6. The maximum absolute atomic E-state index is 13.3. The molecule has 0 saturated heterocycles. The van der Waals surface area contributed by atoms with E-state index in [1.54, 1.807) is 0 Å². The molecular formula is C14H16FNO4S.